The molecule has 3 aromatic rings. The molecule has 3 nitrogen and oxygen atoms in total. The van der Waals surface area contributed by atoms with E-state index in [0.29, 0.717) is 5.69 Å². The Balaban J connectivity index is 1.98. The second-order valence-electron chi connectivity index (χ2n) is 4.63. The van der Waals surface area contributed by atoms with Crippen molar-refractivity contribution < 1.29 is 4.74 Å². The largest absolute Gasteiger partial charge is 0.497 e. The van der Waals surface area contributed by atoms with Gasteiger partial charge in [-0.3, -0.25) is 0 Å². The normalized spacial score (nSPS) is 9.68. The predicted octanol–water partition coefficient (Wildman–Crippen LogP) is 3.55. The summed E-state index contributed by atoms with van der Waals surface area (Å²) in [6.45, 7) is 0. The van der Waals surface area contributed by atoms with Crippen LogP contribution in [0.2, 0.25) is 0 Å². The minimum absolute atomic E-state index is 0.712. The molecule has 106 valence electrons. The molecule has 0 aliphatic rings. The molecule has 22 heavy (non-hydrogen) atoms. The molecule has 0 spiro atoms. The predicted molar refractivity (Wildman–Crippen MR) is 86.4 cm³/mol. The van der Waals surface area contributed by atoms with Crippen LogP contribution < -0.4 is 4.74 Å². The lowest BCUT2D eigenvalue weighted by molar-refractivity contribution is 0.415. The maximum absolute atomic E-state index is 5.18. The minimum Gasteiger partial charge on any atom is -0.497 e. The van der Waals surface area contributed by atoms with E-state index in [2.05, 4.69) is 21.8 Å². The number of aromatic nitrogens is 2. The molecule has 2 aromatic carbocycles. The van der Waals surface area contributed by atoms with Gasteiger partial charge in [-0.05, 0) is 35.7 Å². The third kappa shape index (κ3) is 3.13. The highest BCUT2D eigenvalue weighted by molar-refractivity contribution is 5.69. The van der Waals surface area contributed by atoms with E-state index in [4.69, 9.17) is 4.74 Å². The topological polar surface area (TPSA) is 35.0 Å². The van der Waals surface area contributed by atoms with Gasteiger partial charge in [0.05, 0.1) is 7.11 Å². The monoisotopic (exact) mass is 286 g/mol. The van der Waals surface area contributed by atoms with Gasteiger partial charge >= 0.3 is 0 Å². The van der Waals surface area contributed by atoms with E-state index in [9.17, 15) is 0 Å². The van der Waals surface area contributed by atoms with Gasteiger partial charge in [-0.1, -0.05) is 36.3 Å². The molecule has 0 unspecified atom stereocenters. The van der Waals surface area contributed by atoms with Gasteiger partial charge in [0.2, 0.25) is 0 Å². The minimum atomic E-state index is 0.712. The van der Waals surface area contributed by atoms with Crippen LogP contribution >= 0.6 is 0 Å². The molecule has 0 saturated carbocycles. The molecule has 1 aromatic heterocycles. The van der Waals surface area contributed by atoms with Crippen LogP contribution in [-0.2, 0) is 0 Å². The molecular formula is C19H14N2O. The Morgan fingerprint density at radius 3 is 2.41 bits per heavy atom. The number of ether oxygens (including phenoxy) is 1. The molecule has 0 radical (unpaired) electrons. The summed E-state index contributed by atoms with van der Waals surface area (Å²) in [7, 11) is 1.65. The van der Waals surface area contributed by atoms with Crippen molar-refractivity contribution in [2.75, 3.05) is 7.11 Å². The lowest BCUT2D eigenvalue weighted by Crippen LogP contribution is -1.91. The van der Waals surface area contributed by atoms with E-state index in [1.165, 1.54) is 6.33 Å². The van der Waals surface area contributed by atoms with Crippen LogP contribution in [0.3, 0.4) is 0 Å². The average molecular weight is 286 g/mol. The number of nitrogens with zero attached hydrogens (tertiary/aromatic N) is 2. The van der Waals surface area contributed by atoms with Crippen molar-refractivity contribution in [3.8, 4) is 28.7 Å². The van der Waals surface area contributed by atoms with Crippen molar-refractivity contribution in [3.05, 3.63) is 78.4 Å². The van der Waals surface area contributed by atoms with Crippen LogP contribution in [0, 0.1) is 11.8 Å². The van der Waals surface area contributed by atoms with Crippen molar-refractivity contribution in [3.63, 3.8) is 0 Å². The molecule has 0 amide bonds. The van der Waals surface area contributed by atoms with Crippen molar-refractivity contribution in [1.29, 1.82) is 0 Å². The van der Waals surface area contributed by atoms with Crippen molar-refractivity contribution in [1.82, 2.24) is 9.97 Å². The zero-order valence-corrected chi connectivity index (χ0v) is 12.2. The number of hydrogen-bond acceptors (Lipinski definition) is 3. The first-order chi connectivity index (χ1) is 10.9. The van der Waals surface area contributed by atoms with E-state index >= 15 is 0 Å². The molecule has 0 atom stereocenters. The standard InChI is InChI=1S/C19H14N2O/c1-22-17-10-8-16(9-11-17)18-13-20-14-21-19(18)12-7-15-5-3-2-4-6-15/h2-6,8-11,13-14H,1H3. The van der Waals surface area contributed by atoms with Gasteiger partial charge in [-0.15, -0.1) is 0 Å². The smallest absolute Gasteiger partial charge is 0.124 e. The van der Waals surface area contributed by atoms with Crippen molar-refractivity contribution in [2.24, 2.45) is 0 Å². The molecule has 3 rings (SSSR count). The summed E-state index contributed by atoms with van der Waals surface area (Å²) >= 11 is 0. The fourth-order valence-corrected chi connectivity index (χ4v) is 2.06. The van der Waals surface area contributed by atoms with Gasteiger partial charge in [-0.2, -0.15) is 0 Å². The van der Waals surface area contributed by atoms with Crippen LogP contribution in [0.25, 0.3) is 11.1 Å². The zero-order chi connectivity index (χ0) is 15.2. The second kappa shape index (κ2) is 6.55. The molecular weight excluding hydrogens is 272 g/mol. The third-order valence-corrected chi connectivity index (χ3v) is 3.21. The second-order valence-corrected chi connectivity index (χ2v) is 4.63. The van der Waals surface area contributed by atoms with E-state index in [1.54, 1.807) is 13.3 Å². The maximum atomic E-state index is 5.18. The van der Waals surface area contributed by atoms with Crippen LogP contribution in [0.1, 0.15) is 11.3 Å². The zero-order valence-electron chi connectivity index (χ0n) is 12.2. The Morgan fingerprint density at radius 2 is 1.68 bits per heavy atom. The lowest BCUT2D eigenvalue weighted by atomic mass is 10.1. The van der Waals surface area contributed by atoms with Crippen molar-refractivity contribution in [2.45, 2.75) is 0 Å². The Bertz CT molecular complexity index is 815. The van der Waals surface area contributed by atoms with Crippen LogP contribution in [0.5, 0.6) is 5.75 Å². The highest BCUT2D eigenvalue weighted by atomic mass is 16.5. The molecule has 0 N–H and O–H groups in total. The van der Waals surface area contributed by atoms with E-state index < -0.39 is 0 Å². The Labute approximate surface area is 129 Å². The molecule has 0 saturated heterocycles. The molecule has 0 fully saturated rings. The van der Waals surface area contributed by atoms with Gasteiger partial charge in [0.1, 0.15) is 17.8 Å². The van der Waals surface area contributed by atoms with Gasteiger partial charge in [0.25, 0.3) is 0 Å². The van der Waals surface area contributed by atoms with E-state index in [-0.39, 0.29) is 0 Å². The summed E-state index contributed by atoms with van der Waals surface area (Å²) in [6, 6.07) is 17.6. The number of benzene rings is 2. The van der Waals surface area contributed by atoms with Gasteiger partial charge in [0.15, 0.2) is 0 Å². The number of methoxy groups -OCH3 is 1. The van der Waals surface area contributed by atoms with Crippen molar-refractivity contribution >= 4 is 0 Å². The summed E-state index contributed by atoms with van der Waals surface area (Å²) in [4.78, 5) is 8.41. The highest BCUT2D eigenvalue weighted by Gasteiger charge is 2.05. The molecule has 0 bridgehead atoms. The Morgan fingerprint density at radius 1 is 0.909 bits per heavy atom. The van der Waals surface area contributed by atoms with Crippen LogP contribution in [0.15, 0.2) is 67.1 Å². The molecule has 1 heterocycles. The first-order valence-corrected chi connectivity index (χ1v) is 6.88. The van der Waals surface area contributed by atoms with E-state index in [1.807, 2.05) is 54.6 Å². The summed E-state index contributed by atoms with van der Waals surface area (Å²) in [5, 5.41) is 0. The fraction of sp³-hybridized carbons (Fsp3) is 0.0526. The number of rotatable bonds is 2. The first kappa shape index (κ1) is 13.8. The molecule has 0 aliphatic heterocycles. The lowest BCUT2D eigenvalue weighted by Gasteiger charge is -2.04. The highest BCUT2D eigenvalue weighted by Crippen LogP contribution is 2.23. The summed E-state index contributed by atoms with van der Waals surface area (Å²) in [5.74, 6) is 7.07. The summed E-state index contributed by atoms with van der Waals surface area (Å²) in [6.07, 6.45) is 3.30. The summed E-state index contributed by atoms with van der Waals surface area (Å²) in [5.41, 5.74) is 3.60. The van der Waals surface area contributed by atoms with Gasteiger partial charge < -0.3 is 4.74 Å². The summed E-state index contributed by atoms with van der Waals surface area (Å²) < 4.78 is 5.18. The quantitative estimate of drug-likeness (QED) is 0.676. The van der Waals surface area contributed by atoms with Crippen LogP contribution in [0.4, 0.5) is 0 Å². The average Bonchev–Trinajstić information content (AvgIpc) is 2.61. The van der Waals surface area contributed by atoms with Gasteiger partial charge in [0, 0.05) is 17.3 Å². The Hall–Kier alpha value is -3.12. The van der Waals surface area contributed by atoms with Crippen LogP contribution in [-0.4, -0.2) is 17.1 Å². The Kier molecular flexibility index (Phi) is 4.12. The van der Waals surface area contributed by atoms with Gasteiger partial charge in [-0.25, -0.2) is 9.97 Å². The fourth-order valence-electron chi connectivity index (χ4n) is 2.06. The third-order valence-electron chi connectivity index (χ3n) is 3.21. The molecule has 0 aliphatic carbocycles. The maximum Gasteiger partial charge on any atom is 0.124 e. The van der Waals surface area contributed by atoms with E-state index in [0.717, 1.165) is 22.4 Å². The first-order valence-electron chi connectivity index (χ1n) is 6.88. The molecule has 3 heteroatoms. The number of hydrogen-bond donors (Lipinski definition) is 0. The SMILES string of the molecule is COc1ccc(-c2cncnc2C#Cc2ccccc2)cc1.